The maximum atomic E-state index is 11.2. The van der Waals surface area contributed by atoms with E-state index in [1.54, 1.807) is 12.5 Å². The molecule has 0 amide bonds. The van der Waals surface area contributed by atoms with Gasteiger partial charge in [-0.15, -0.1) is 0 Å². The Hall–Kier alpha value is -1.12. The van der Waals surface area contributed by atoms with E-state index < -0.39 is 0 Å². The van der Waals surface area contributed by atoms with Gasteiger partial charge in [0.25, 0.3) is 0 Å². The minimum atomic E-state index is 0.107. The second-order valence-corrected chi connectivity index (χ2v) is 3.00. The smallest absolute Gasteiger partial charge is 0.135 e. The van der Waals surface area contributed by atoms with Crippen LogP contribution in [0.4, 0.5) is 0 Å². The molecule has 3 nitrogen and oxygen atoms in total. The summed E-state index contributed by atoms with van der Waals surface area (Å²) >= 11 is 0. The van der Waals surface area contributed by atoms with Crippen LogP contribution in [0.2, 0.25) is 0 Å². The maximum Gasteiger partial charge on any atom is 0.135 e. The zero-order chi connectivity index (χ0) is 8.97. The number of hydrogen-bond donors (Lipinski definition) is 1. The Morgan fingerprint density at radius 1 is 1.75 bits per heavy atom. The van der Waals surface area contributed by atoms with Gasteiger partial charge < -0.3 is 4.98 Å². The van der Waals surface area contributed by atoms with E-state index in [2.05, 4.69) is 9.97 Å². The Morgan fingerprint density at radius 2 is 2.50 bits per heavy atom. The number of Topliss-reactive ketones (excluding diaryl/α,β-unsaturated/α-hetero) is 1. The number of ketones is 1. The van der Waals surface area contributed by atoms with Crippen LogP contribution >= 0.6 is 0 Å². The summed E-state index contributed by atoms with van der Waals surface area (Å²) in [5.74, 6) is 0.417. The Bertz CT molecular complexity index is 241. The second kappa shape index (κ2) is 4.04. The summed E-state index contributed by atoms with van der Waals surface area (Å²) in [5, 5.41) is 0. The number of nitrogens with one attached hydrogen (secondary N) is 1. The lowest BCUT2D eigenvalue weighted by Gasteiger charge is -2.05. The third-order valence-electron chi connectivity index (χ3n) is 1.98. The van der Waals surface area contributed by atoms with Crippen LogP contribution in [0, 0.1) is 5.92 Å². The Morgan fingerprint density at radius 3 is 3.00 bits per heavy atom. The van der Waals surface area contributed by atoms with Gasteiger partial charge in [0.2, 0.25) is 0 Å². The first-order valence-corrected chi connectivity index (χ1v) is 4.24. The quantitative estimate of drug-likeness (QED) is 0.737. The first-order valence-electron chi connectivity index (χ1n) is 4.24. The van der Waals surface area contributed by atoms with E-state index in [1.165, 1.54) is 0 Å². The number of rotatable bonds is 4. The zero-order valence-corrected chi connectivity index (χ0v) is 7.50. The van der Waals surface area contributed by atoms with Crippen LogP contribution in [0.5, 0.6) is 0 Å². The summed E-state index contributed by atoms with van der Waals surface area (Å²) in [5.41, 5.74) is 1.03. The van der Waals surface area contributed by atoms with E-state index in [0.29, 0.717) is 12.2 Å². The van der Waals surface area contributed by atoms with Gasteiger partial charge >= 0.3 is 0 Å². The topological polar surface area (TPSA) is 45.8 Å². The minimum Gasteiger partial charge on any atom is -0.348 e. The highest BCUT2D eigenvalue weighted by molar-refractivity contribution is 5.80. The molecule has 0 aliphatic heterocycles. The molecule has 66 valence electrons. The number of nitrogens with zero attached hydrogens (tertiary/aromatic N) is 1. The van der Waals surface area contributed by atoms with E-state index in [1.807, 2.05) is 13.8 Å². The van der Waals surface area contributed by atoms with E-state index in [4.69, 9.17) is 0 Å². The number of imidazole rings is 1. The maximum absolute atomic E-state index is 11.2. The van der Waals surface area contributed by atoms with Crippen LogP contribution in [0.25, 0.3) is 0 Å². The van der Waals surface area contributed by atoms with Gasteiger partial charge in [0, 0.05) is 24.2 Å². The molecule has 0 aliphatic rings. The molecule has 1 N–H and O–H groups in total. The lowest BCUT2D eigenvalue weighted by Crippen LogP contribution is -2.12. The predicted molar refractivity (Wildman–Crippen MR) is 46.8 cm³/mol. The van der Waals surface area contributed by atoms with Gasteiger partial charge in [-0.05, 0) is 6.42 Å². The van der Waals surface area contributed by atoms with Crippen molar-refractivity contribution in [2.75, 3.05) is 0 Å². The van der Waals surface area contributed by atoms with Gasteiger partial charge in [-0.3, -0.25) is 4.79 Å². The van der Waals surface area contributed by atoms with Gasteiger partial charge in [-0.2, -0.15) is 0 Å². The third kappa shape index (κ3) is 2.19. The third-order valence-corrected chi connectivity index (χ3v) is 1.98. The molecule has 0 aliphatic carbocycles. The summed E-state index contributed by atoms with van der Waals surface area (Å²) in [6.45, 7) is 3.85. The molecule has 0 unspecified atom stereocenters. The fourth-order valence-electron chi connectivity index (χ4n) is 1.19. The lowest BCUT2D eigenvalue weighted by molar-refractivity contribution is -0.122. The van der Waals surface area contributed by atoms with Crippen molar-refractivity contribution in [3.8, 4) is 0 Å². The molecule has 0 bridgehead atoms. The summed E-state index contributed by atoms with van der Waals surface area (Å²) in [7, 11) is 0. The van der Waals surface area contributed by atoms with Crippen molar-refractivity contribution in [1.29, 1.82) is 0 Å². The van der Waals surface area contributed by atoms with Crippen LogP contribution < -0.4 is 0 Å². The molecule has 12 heavy (non-hydrogen) atoms. The summed E-state index contributed by atoms with van der Waals surface area (Å²) < 4.78 is 0. The molecular formula is C9H14N2O. The van der Waals surface area contributed by atoms with Crippen molar-refractivity contribution >= 4 is 5.78 Å². The average molecular weight is 166 g/mol. The lowest BCUT2D eigenvalue weighted by atomic mass is 9.99. The highest BCUT2D eigenvalue weighted by atomic mass is 16.1. The molecule has 3 heteroatoms. The molecule has 1 atom stereocenters. The molecule has 0 radical (unpaired) electrons. The van der Waals surface area contributed by atoms with Crippen molar-refractivity contribution in [3.63, 3.8) is 0 Å². The van der Waals surface area contributed by atoms with Crippen molar-refractivity contribution in [1.82, 2.24) is 9.97 Å². The van der Waals surface area contributed by atoms with Crippen LogP contribution in [-0.4, -0.2) is 15.8 Å². The standard InChI is InChI=1S/C9H14N2O/c1-3-9(12)7(2)4-8-5-10-6-11-8/h5-7H,3-4H2,1-2H3,(H,10,11)/t7-/m0/s1. The number of H-pyrrole nitrogens is 1. The normalized spacial score (nSPS) is 12.8. The molecule has 1 rings (SSSR count). The minimum absolute atomic E-state index is 0.107. The Labute approximate surface area is 72.2 Å². The Kier molecular flexibility index (Phi) is 3.02. The average Bonchev–Trinajstić information content (AvgIpc) is 2.55. The van der Waals surface area contributed by atoms with Crippen molar-refractivity contribution < 1.29 is 4.79 Å². The van der Waals surface area contributed by atoms with Crippen LogP contribution in [-0.2, 0) is 11.2 Å². The second-order valence-electron chi connectivity index (χ2n) is 3.00. The van der Waals surface area contributed by atoms with E-state index in [9.17, 15) is 4.79 Å². The molecule has 1 heterocycles. The van der Waals surface area contributed by atoms with E-state index in [0.717, 1.165) is 12.1 Å². The highest BCUT2D eigenvalue weighted by Gasteiger charge is 2.11. The number of aromatic nitrogens is 2. The van der Waals surface area contributed by atoms with Crippen LogP contribution in [0.1, 0.15) is 26.0 Å². The van der Waals surface area contributed by atoms with Gasteiger partial charge in [-0.25, -0.2) is 4.98 Å². The molecule has 0 spiro atoms. The molecule has 0 saturated heterocycles. The zero-order valence-electron chi connectivity index (χ0n) is 7.50. The van der Waals surface area contributed by atoms with Gasteiger partial charge in [0.15, 0.2) is 0 Å². The number of carbonyl (C=O) groups is 1. The van der Waals surface area contributed by atoms with Gasteiger partial charge in [0.1, 0.15) is 5.78 Å². The SMILES string of the molecule is CCC(=O)[C@@H](C)Cc1cnc[nH]1. The predicted octanol–water partition coefficient (Wildman–Crippen LogP) is 1.57. The highest BCUT2D eigenvalue weighted by Crippen LogP contribution is 2.07. The largest absolute Gasteiger partial charge is 0.348 e. The first-order chi connectivity index (χ1) is 5.74. The van der Waals surface area contributed by atoms with Crippen molar-refractivity contribution in [2.24, 2.45) is 5.92 Å². The molecule has 0 saturated carbocycles. The summed E-state index contributed by atoms with van der Waals surface area (Å²) in [6, 6.07) is 0. The Balaban J connectivity index is 2.47. The summed E-state index contributed by atoms with van der Waals surface area (Å²) in [4.78, 5) is 18.1. The number of carbonyl (C=O) groups excluding carboxylic acids is 1. The van der Waals surface area contributed by atoms with Crippen molar-refractivity contribution in [2.45, 2.75) is 26.7 Å². The molecule has 1 aromatic rings. The summed E-state index contributed by atoms with van der Waals surface area (Å²) in [6.07, 6.45) is 4.79. The number of hydrogen-bond acceptors (Lipinski definition) is 2. The van der Waals surface area contributed by atoms with Gasteiger partial charge in [0.05, 0.1) is 6.33 Å². The van der Waals surface area contributed by atoms with Crippen molar-refractivity contribution in [3.05, 3.63) is 18.2 Å². The molecule has 0 fully saturated rings. The van der Waals surface area contributed by atoms with Crippen LogP contribution in [0.3, 0.4) is 0 Å². The van der Waals surface area contributed by atoms with Gasteiger partial charge in [-0.1, -0.05) is 13.8 Å². The number of aromatic amines is 1. The van der Waals surface area contributed by atoms with E-state index >= 15 is 0 Å². The van der Waals surface area contributed by atoms with E-state index in [-0.39, 0.29) is 5.92 Å². The monoisotopic (exact) mass is 166 g/mol. The fourth-order valence-corrected chi connectivity index (χ4v) is 1.19. The van der Waals surface area contributed by atoms with Crippen LogP contribution in [0.15, 0.2) is 12.5 Å². The molecule has 0 aromatic carbocycles. The fraction of sp³-hybridized carbons (Fsp3) is 0.556. The molecule has 1 aromatic heterocycles. The molecular weight excluding hydrogens is 152 g/mol. The first kappa shape index (κ1) is 8.97.